The molecule has 2 aromatic carbocycles. The van der Waals surface area contributed by atoms with Gasteiger partial charge in [-0.3, -0.25) is 4.79 Å². The fraction of sp³-hybridized carbons (Fsp3) is 0.250. The molecule has 0 saturated heterocycles. The van der Waals surface area contributed by atoms with Crippen LogP contribution in [0.15, 0.2) is 53.1 Å². The zero-order chi connectivity index (χ0) is 17.3. The number of anilines is 1. The molecule has 0 aliphatic rings. The second-order valence-electron chi connectivity index (χ2n) is 6.95. The number of carbonyl (C=O) groups excluding carboxylic acids is 1. The van der Waals surface area contributed by atoms with Crippen molar-refractivity contribution in [2.24, 2.45) is 0 Å². The maximum atomic E-state index is 12.3. The van der Waals surface area contributed by atoms with Gasteiger partial charge in [0.25, 0.3) is 0 Å². The quantitative estimate of drug-likeness (QED) is 0.677. The average Bonchev–Trinajstić information content (AvgIpc) is 2.91. The highest BCUT2D eigenvalue weighted by molar-refractivity contribution is 6.30. The first-order valence-corrected chi connectivity index (χ1v) is 8.27. The normalized spacial score (nSPS) is 11.7. The first-order chi connectivity index (χ1) is 11.3. The molecule has 0 atom stereocenters. The largest absolute Gasteiger partial charge is 0.464 e. The number of fused-ring (bicyclic) bond motifs is 1. The Morgan fingerprint density at radius 3 is 2.50 bits per heavy atom. The third-order valence-corrected chi connectivity index (χ3v) is 4.25. The zero-order valence-electron chi connectivity index (χ0n) is 14.0. The second-order valence-corrected chi connectivity index (χ2v) is 7.39. The van der Waals surface area contributed by atoms with E-state index in [-0.39, 0.29) is 17.7 Å². The van der Waals surface area contributed by atoms with E-state index in [0.29, 0.717) is 5.02 Å². The van der Waals surface area contributed by atoms with Crippen molar-refractivity contribution in [2.45, 2.75) is 32.6 Å². The summed E-state index contributed by atoms with van der Waals surface area (Å²) in [7, 11) is 0. The minimum Gasteiger partial charge on any atom is -0.464 e. The molecule has 0 unspecified atom stereocenters. The van der Waals surface area contributed by atoms with Crippen molar-refractivity contribution in [3.05, 3.63) is 64.9 Å². The van der Waals surface area contributed by atoms with Gasteiger partial charge in [-0.2, -0.15) is 0 Å². The molecule has 0 fully saturated rings. The van der Waals surface area contributed by atoms with E-state index in [1.54, 1.807) is 30.5 Å². The molecule has 1 aromatic heterocycles. The van der Waals surface area contributed by atoms with Gasteiger partial charge in [0.05, 0.1) is 12.7 Å². The van der Waals surface area contributed by atoms with E-state index in [9.17, 15) is 4.79 Å². The molecule has 124 valence electrons. The van der Waals surface area contributed by atoms with Crippen molar-refractivity contribution < 1.29 is 9.21 Å². The fourth-order valence-corrected chi connectivity index (χ4v) is 2.72. The number of amides is 1. The highest BCUT2D eigenvalue weighted by atomic mass is 35.5. The number of halogens is 1. The third kappa shape index (κ3) is 3.62. The van der Waals surface area contributed by atoms with Gasteiger partial charge in [0.15, 0.2) is 0 Å². The Bertz CT molecular complexity index is 873. The van der Waals surface area contributed by atoms with Gasteiger partial charge in [-0.05, 0) is 47.4 Å². The number of carbonyl (C=O) groups is 1. The Morgan fingerprint density at radius 2 is 1.83 bits per heavy atom. The smallest absolute Gasteiger partial charge is 0.228 e. The Kier molecular flexibility index (Phi) is 4.37. The minimum atomic E-state index is -0.0822. The maximum Gasteiger partial charge on any atom is 0.228 e. The van der Waals surface area contributed by atoms with Gasteiger partial charge >= 0.3 is 0 Å². The molecule has 0 spiro atoms. The Hall–Kier alpha value is -2.26. The summed E-state index contributed by atoms with van der Waals surface area (Å²) in [6.07, 6.45) is 1.93. The number of hydrogen-bond donors (Lipinski definition) is 1. The van der Waals surface area contributed by atoms with Crippen LogP contribution in [0.5, 0.6) is 0 Å². The molecule has 1 N–H and O–H groups in total. The number of furan rings is 1. The van der Waals surface area contributed by atoms with Gasteiger partial charge < -0.3 is 9.73 Å². The van der Waals surface area contributed by atoms with E-state index in [2.05, 4.69) is 38.2 Å². The molecule has 0 aliphatic heterocycles. The van der Waals surface area contributed by atoms with E-state index in [4.69, 9.17) is 16.0 Å². The zero-order valence-corrected chi connectivity index (χ0v) is 14.8. The lowest BCUT2D eigenvalue weighted by molar-refractivity contribution is -0.115. The van der Waals surface area contributed by atoms with Crippen molar-refractivity contribution in [3.63, 3.8) is 0 Å². The van der Waals surface area contributed by atoms with Crippen molar-refractivity contribution in [1.82, 2.24) is 0 Å². The molecule has 3 aromatic rings. The summed E-state index contributed by atoms with van der Waals surface area (Å²) in [6, 6.07) is 13.2. The lowest BCUT2D eigenvalue weighted by atomic mass is 9.86. The molecule has 1 amide bonds. The van der Waals surface area contributed by atoms with Gasteiger partial charge in [-0.1, -0.05) is 38.4 Å². The van der Waals surface area contributed by atoms with Crippen LogP contribution in [0.3, 0.4) is 0 Å². The van der Waals surface area contributed by atoms with E-state index in [0.717, 1.165) is 22.2 Å². The van der Waals surface area contributed by atoms with Crippen molar-refractivity contribution in [2.75, 3.05) is 5.32 Å². The van der Waals surface area contributed by atoms with Crippen LogP contribution in [0, 0.1) is 0 Å². The fourth-order valence-electron chi connectivity index (χ4n) is 2.60. The molecule has 1 heterocycles. The Balaban J connectivity index is 1.81. The van der Waals surface area contributed by atoms with Crippen molar-refractivity contribution >= 4 is 34.2 Å². The summed E-state index contributed by atoms with van der Waals surface area (Å²) >= 11 is 5.86. The van der Waals surface area contributed by atoms with Crippen LogP contribution in [0.1, 0.15) is 31.9 Å². The minimum absolute atomic E-state index is 0.0499. The summed E-state index contributed by atoms with van der Waals surface area (Å²) < 4.78 is 5.59. The molecule has 0 saturated carbocycles. The molecule has 0 radical (unpaired) electrons. The second kappa shape index (κ2) is 6.33. The van der Waals surface area contributed by atoms with E-state index >= 15 is 0 Å². The number of benzene rings is 2. The average molecular weight is 342 g/mol. The first kappa shape index (κ1) is 16.6. The molecule has 0 aliphatic carbocycles. The van der Waals surface area contributed by atoms with Gasteiger partial charge in [0, 0.05) is 21.7 Å². The molecule has 4 heteroatoms. The van der Waals surface area contributed by atoms with Crippen molar-refractivity contribution in [1.29, 1.82) is 0 Å². The molecule has 24 heavy (non-hydrogen) atoms. The monoisotopic (exact) mass is 341 g/mol. The molecular weight excluding hydrogens is 322 g/mol. The van der Waals surface area contributed by atoms with Crippen LogP contribution in [0.4, 0.5) is 5.69 Å². The molecule has 3 nitrogen and oxygen atoms in total. The summed E-state index contributed by atoms with van der Waals surface area (Å²) in [5.41, 5.74) is 3.69. The first-order valence-electron chi connectivity index (χ1n) is 7.89. The Morgan fingerprint density at radius 1 is 1.12 bits per heavy atom. The molecule has 3 rings (SSSR count). The van der Waals surface area contributed by atoms with Crippen LogP contribution < -0.4 is 5.32 Å². The summed E-state index contributed by atoms with van der Waals surface area (Å²) in [4.78, 5) is 12.3. The van der Waals surface area contributed by atoms with Gasteiger partial charge in [-0.25, -0.2) is 0 Å². The van der Waals surface area contributed by atoms with Gasteiger partial charge in [0.1, 0.15) is 5.58 Å². The van der Waals surface area contributed by atoms with Crippen LogP contribution in [-0.2, 0) is 16.6 Å². The van der Waals surface area contributed by atoms with Crippen molar-refractivity contribution in [3.8, 4) is 0 Å². The highest BCUT2D eigenvalue weighted by Gasteiger charge is 2.17. The van der Waals surface area contributed by atoms with Crippen LogP contribution in [0.25, 0.3) is 11.0 Å². The summed E-state index contributed by atoms with van der Waals surface area (Å²) in [5.74, 6) is -0.0822. The third-order valence-electron chi connectivity index (χ3n) is 4.00. The van der Waals surface area contributed by atoms with E-state index < -0.39 is 0 Å². The summed E-state index contributed by atoms with van der Waals surface area (Å²) in [6.45, 7) is 6.50. The van der Waals surface area contributed by atoms with Crippen LogP contribution in [-0.4, -0.2) is 5.91 Å². The molecule has 0 bridgehead atoms. The van der Waals surface area contributed by atoms with E-state index in [1.165, 1.54) is 5.56 Å². The number of nitrogens with one attached hydrogen (secondary N) is 1. The SMILES string of the molecule is CC(C)(C)c1ccc2occ(CC(=O)Nc3ccc(Cl)cc3)c2c1. The van der Waals surface area contributed by atoms with Gasteiger partial charge in [-0.15, -0.1) is 0 Å². The highest BCUT2D eigenvalue weighted by Crippen LogP contribution is 2.29. The lowest BCUT2D eigenvalue weighted by Crippen LogP contribution is -2.14. The Labute approximate surface area is 146 Å². The van der Waals surface area contributed by atoms with Crippen LogP contribution >= 0.6 is 11.6 Å². The van der Waals surface area contributed by atoms with Crippen LogP contribution in [0.2, 0.25) is 5.02 Å². The predicted octanol–water partition coefficient (Wildman–Crippen LogP) is 5.56. The topological polar surface area (TPSA) is 42.2 Å². The van der Waals surface area contributed by atoms with Gasteiger partial charge in [0.2, 0.25) is 5.91 Å². The number of rotatable bonds is 3. The summed E-state index contributed by atoms with van der Waals surface area (Å²) in [5, 5.41) is 4.51. The number of hydrogen-bond acceptors (Lipinski definition) is 2. The van der Waals surface area contributed by atoms with E-state index in [1.807, 2.05) is 6.07 Å². The maximum absolute atomic E-state index is 12.3. The lowest BCUT2D eigenvalue weighted by Gasteiger charge is -2.18. The predicted molar refractivity (Wildman–Crippen MR) is 98.7 cm³/mol. The molecular formula is C20H20ClNO2. The standard InChI is InChI=1S/C20H20ClNO2/c1-20(2,3)14-4-9-18-17(11-14)13(12-24-18)10-19(23)22-16-7-5-15(21)6-8-16/h4-9,11-12H,10H2,1-3H3,(H,22,23).